The lowest BCUT2D eigenvalue weighted by atomic mass is 10.1. The first-order valence-corrected chi connectivity index (χ1v) is 6.24. The highest BCUT2D eigenvalue weighted by Gasteiger charge is 2.27. The van der Waals surface area contributed by atoms with Crippen molar-refractivity contribution in [3.63, 3.8) is 0 Å². The van der Waals surface area contributed by atoms with E-state index in [4.69, 9.17) is 9.84 Å². The first-order valence-electron chi connectivity index (χ1n) is 6.24. The van der Waals surface area contributed by atoms with Crippen LogP contribution in [0.5, 0.6) is 5.75 Å². The number of carbonyl (C=O) groups is 2. The maximum atomic E-state index is 12.0. The van der Waals surface area contributed by atoms with Crippen LogP contribution in [0.2, 0.25) is 0 Å². The number of aliphatic carboxylic acids is 1. The number of carboxylic acids is 1. The molecule has 0 saturated carbocycles. The van der Waals surface area contributed by atoms with Crippen molar-refractivity contribution in [2.75, 3.05) is 18.6 Å². The Morgan fingerprint density at radius 2 is 1.84 bits per heavy atom. The van der Waals surface area contributed by atoms with Gasteiger partial charge in [-0.25, -0.2) is 0 Å². The summed E-state index contributed by atoms with van der Waals surface area (Å²) >= 11 is 0. The predicted molar refractivity (Wildman–Crippen MR) is 72.4 cm³/mol. The summed E-state index contributed by atoms with van der Waals surface area (Å²) in [5.41, 5.74) is 0.646. The molecule has 0 bridgehead atoms. The fourth-order valence-electron chi connectivity index (χ4n) is 1.75. The maximum absolute atomic E-state index is 12.0. The number of benzene rings is 1. The number of ether oxygens (including phenoxy) is 1. The maximum Gasteiger partial charge on any atom is 0.316 e. The first-order chi connectivity index (χ1) is 9.01. The van der Waals surface area contributed by atoms with Gasteiger partial charge in [-0.2, -0.15) is 0 Å². The molecule has 104 valence electrons. The summed E-state index contributed by atoms with van der Waals surface area (Å²) in [6.07, 6.45) is 0.273. The average molecular weight is 265 g/mol. The number of carbonyl (C=O) groups excluding carboxylic acids is 1. The van der Waals surface area contributed by atoms with Crippen LogP contribution in [-0.2, 0) is 9.59 Å². The van der Waals surface area contributed by atoms with E-state index in [9.17, 15) is 9.59 Å². The van der Waals surface area contributed by atoms with Crippen LogP contribution in [0.1, 0.15) is 20.3 Å². The molecular weight excluding hydrogens is 246 g/mol. The third kappa shape index (κ3) is 3.71. The van der Waals surface area contributed by atoms with Crippen LogP contribution in [0.4, 0.5) is 5.69 Å². The smallest absolute Gasteiger partial charge is 0.316 e. The molecule has 0 aliphatic rings. The quantitative estimate of drug-likeness (QED) is 0.800. The van der Waals surface area contributed by atoms with Gasteiger partial charge in [-0.3, -0.25) is 9.59 Å². The Balaban J connectivity index is 2.84. The van der Waals surface area contributed by atoms with Crippen molar-refractivity contribution in [2.24, 2.45) is 5.92 Å². The second kappa shape index (κ2) is 6.78. The summed E-state index contributed by atoms with van der Waals surface area (Å²) in [5, 5.41) is 8.99. The molecule has 5 nitrogen and oxygen atoms in total. The molecule has 0 spiro atoms. The molecule has 0 radical (unpaired) electrons. The SMILES string of the molecule is CCOc1ccc(N(C)C(=O)C(CC)C(=O)O)cc1. The molecule has 19 heavy (non-hydrogen) atoms. The summed E-state index contributed by atoms with van der Waals surface area (Å²) < 4.78 is 5.31. The molecule has 1 aromatic rings. The molecule has 0 aliphatic heterocycles. The second-order valence-electron chi connectivity index (χ2n) is 4.12. The highest BCUT2D eigenvalue weighted by Crippen LogP contribution is 2.20. The van der Waals surface area contributed by atoms with E-state index in [-0.39, 0.29) is 6.42 Å². The number of hydrogen-bond acceptors (Lipinski definition) is 3. The zero-order valence-corrected chi connectivity index (χ0v) is 11.4. The fourth-order valence-corrected chi connectivity index (χ4v) is 1.75. The van der Waals surface area contributed by atoms with Crippen LogP contribution in [0.3, 0.4) is 0 Å². The molecule has 1 N–H and O–H groups in total. The van der Waals surface area contributed by atoms with Crippen LogP contribution >= 0.6 is 0 Å². The van der Waals surface area contributed by atoms with E-state index in [1.165, 1.54) is 4.90 Å². The van der Waals surface area contributed by atoms with Gasteiger partial charge in [-0.15, -0.1) is 0 Å². The van der Waals surface area contributed by atoms with Crippen LogP contribution in [-0.4, -0.2) is 30.6 Å². The van der Waals surface area contributed by atoms with Gasteiger partial charge in [-0.1, -0.05) is 6.92 Å². The van der Waals surface area contributed by atoms with Crippen LogP contribution in [0.25, 0.3) is 0 Å². The second-order valence-corrected chi connectivity index (χ2v) is 4.12. The highest BCUT2D eigenvalue weighted by molar-refractivity contribution is 6.05. The first kappa shape index (κ1) is 15.0. The minimum atomic E-state index is -1.09. The molecule has 0 heterocycles. The zero-order valence-electron chi connectivity index (χ0n) is 11.4. The third-order valence-corrected chi connectivity index (χ3v) is 2.87. The fraction of sp³-hybridized carbons (Fsp3) is 0.429. The molecule has 1 aromatic carbocycles. The Hall–Kier alpha value is -2.04. The zero-order chi connectivity index (χ0) is 14.4. The van der Waals surface area contributed by atoms with Gasteiger partial charge in [0.05, 0.1) is 6.61 Å². The van der Waals surface area contributed by atoms with Gasteiger partial charge >= 0.3 is 5.97 Å². The van der Waals surface area contributed by atoms with E-state index in [0.717, 1.165) is 5.75 Å². The third-order valence-electron chi connectivity index (χ3n) is 2.87. The van der Waals surface area contributed by atoms with Crippen molar-refractivity contribution in [2.45, 2.75) is 20.3 Å². The monoisotopic (exact) mass is 265 g/mol. The lowest BCUT2D eigenvalue weighted by molar-refractivity contribution is -0.146. The van der Waals surface area contributed by atoms with Crippen molar-refractivity contribution >= 4 is 17.6 Å². The van der Waals surface area contributed by atoms with Gasteiger partial charge in [-0.05, 0) is 37.6 Å². The van der Waals surface area contributed by atoms with Crippen LogP contribution < -0.4 is 9.64 Å². The highest BCUT2D eigenvalue weighted by atomic mass is 16.5. The van der Waals surface area contributed by atoms with Gasteiger partial charge in [0.1, 0.15) is 11.7 Å². The molecule has 1 unspecified atom stereocenters. The summed E-state index contributed by atoms with van der Waals surface area (Å²) in [6, 6.07) is 6.98. The summed E-state index contributed by atoms with van der Waals surface area (Å²) in [4.78, 5) is 24.4. The molecule has 1 amide bonds. The lowest BCUT2D eigenvalue weighted by Gasteiger charge is -2.21. The molecule has 0 aliphatic carbocycles. The number of anilines is 1. The number of rotatable bonds is 6. The number of nitrogens with zero attached hydrogens (tertiary/aromatic N) is 1. The van der Waals surface area contributed by atoms with E-state index in [1.54, 1.807) is 38.2 Å². The van der Waals surface area contributed by atoms with E-state index < -0.39 is 17.8 Å². The molecule has 0 aromatic heterocycles. The van der Waals surface area contributed by atoms with Crippen molar-refractivity contribution in [3.8, 4) is 5.75 Å². The van der Waals surface area contributed by atoms with Crippen molar-refractivity contribution < 1.29 is 19.4 Å². The number of amides is 1. The van der Waals surface area contributed by atoms with Gasteiger partial charge in [0.25, 0.3) is 0 Å². The number of carboxylic acid groups (broad SMARTS) is 1. The Bertz CT molecular complexity index is 441. The van der Waals surface area contributed by atoms with Crippen LogP contribution in [0.15, 0.2) is 24.3 Å². The minimum Gasteiger partial charge on any atom is -0.494 e. The van der Waals surface area contributed by atoms with Crippen molar-refractivity contribution in [1.29, 1.82) is 0 Å². The summed E-state index contributed by atoms with van der Waals surface area (Å²) in [7, 11) is 1.57. The van der Waals surface area contributed by atoms with Gasteiger partial charge in [0.2, 0.25) is 5.91 Å². The van der Waals surface area contributed by atoms with Gasteiger partial charge in [0.15, 0.2) is 0 Å². The molecule has 1 atom stereocenters. The van der Waals surface area contributed by atoms with E-state index >= 15 is 0 Å². The largest absolute Gasteiger partial charge is 0.494 e. The van der Waals surface area contributed by atoms with Crippen molar-refractivity contribution in [1.82, 2.24) is 0 Å². The predicted octanol–water partition coefficient (Wildman–Crippen LogP) is 2.16. The Kier molecular flexibility index (Phi) is 5.36. The van der Waals surface area contributed by atoms with E-state index in [2.05, 4.69) is 0 Å². The molecule has 0 fully saturated rings. The van der Waals surface area contributed by atoms with Gasteiger partial charge < -0.3 is 14.7 Å². The summed E-state index contributed by atoms with van der Waals surface area (Å²) in [6.45, 7) is 4.15. The summed E-state index contributed by atoms with van der Waals surface area (Å²) in [5.74, 6) is -1.79. The van der Waals surface area contributed by atoms with E-state index in [0.29, 0.717) is 12.3 Å². The normalized spacial score (nSPS) is 11.7. The van der Waals surface area contributed by atoms with Gasteiger partial charge in [0, 0.05) is 12.7 Å². The standard InChI is InChI=1S/C14H19NO4/c1-4-12(14(17)18)13(16)15(3)10-6-8-11(9-7-10)19-5-2/h6-9,12H,4-5H2,1-3H3,(H,17,18). The molecular formula is C14H19NO4. The average Bonchev–Trinajstić information content (AvgIpc) is 2.39. The van der Waals surface area contributed by atoms with Crippen LogP contribution in [0, 0.1) is 5.92 Å². The Morgan fingerprint density at radius 1 is 1.26 bits per heavy atom. The topological polar surface area (TPSA) is 66.8 Å². The Morgan fingerprint density at radius 3 is 2.26 bits per heavy atom. The lowest BCUT2D eigenvalue weighted by Crippen LogP contribution is -2.36. The molecule has 0 saturated heterocycles. The minimum absolute atomic E-state index is 0.273. The Labute approximate surface area is 112 Å². The van der Waals surface area contributed by atoms with Crippen molar-refractivity contribution in [3.05, 3.63) is 24.3 Å². The molecule has 5 heteroatoms. The molecule has 1 rings (SSSR count). The number of hydrogen-bond donors (Lipinski definition) is 1. The van der Waals surface area contributed by atoms with E-state index in [1.807, 2.05) is 6.92 Å².